The molecule has 94 valence electrons. The highest BCUT2D eigenvalue weighted by molar-refractivity contribution is 5.86. The van der Waals surface area contributed by atoms with E-state index in [9.17, 15) is 4.79 Å². The van der Waals surface area contributed by atoms with Crippen molar-refractivity contribution < 1.29 is 4.79 Å². The van der Waals surface area contributed by atoms with Gasteiger partial charge in [-0.1, -0.05) is 40.5 Å². The van der Waals surface area contributed by atoms with Crippen molar-refractivity contribution in [3.8, 4) is 0 Å². The van der Waals surface area contributed by atoms with Crippen molar-refractivity contribution >= 4 is 5.91 Å². The summed E-state index contributed by atoms with van der Waals surface area (Å²) in [6.45, 7) is 9.42. The van der Waals surface area contributed by atoms with Crippen LogP contribution in [-0.4, -0.2) is 18.0 Å². The van der Waals surface area contributed by atoms with E-state index in [4.69, 9.17) is 5.73 Å². The van der Waals surface area contributed by atoms with E-state index >= 15 is 0 Å². The minimum Gasteiger partial charge on any atom is -0.354 e. The van der Waals surface area contributed by atoms with Crippen LogP contribution < -0.4 is 11.1 Å². The SMILES string of the molecule is CC(C)C(C)(C)CNC(=O)C1(N)CCCC1. The van der Waals surface area contributed by atoms with Gasteiger partial charge in [-0.25, -0.2) is 0 Å². The predicted molar refractivity (Wildman–Crippen MR) is 67.0 cm³/mol. The molecule has 3 heteroatoms. The van der Waals surface area contributed by atoms with E-state index in [0.717, 1.165) is 25.7 Å². The van der Waals surface area contributed by atoms with Crippen LogP contribution in [0, 0.1) is 11.3 Å². The maximum Gasteiger partial charge on any atom is 0.240 e. The number of carbonyl (C=O) groups is 1. The molecule has 3 nitrogen and oxygen atoms in total. The lowest BCUT2D eigenvalue weighted by molar-refractivity contribution is -0.126. The van der Waals surface area contributed by atoms with Gasteiger partial charge in [0.25, 0.3) is 0 Å². The zero-order valence-electron chi connectivity index (χ0n) is 11.1. The molecular formula is C13H26N2O. The third kappa shape index (κ3) is 2.97. The molecule has 0 aromatic rings. The second kappa shape index (κ2) is 4.74. The first-order valence-corrected chi connectivity index (χ1v) is 6.35. The van der Waals surface area contributed by atoms with Crippen molar-refractivity contribution in [2.75, 3.05) is 6.54 Å². The Balaban J connectivity index is 2.47. The van der Waals surface area contributed by atoms with Crippen LogP contribution in [0.3, 0.4) is 0 Å². The smallest absolute Gasteiger partial charge is 0.240 e. The van der Waals surface area contributed by atoms with Crippen molar-refractivity contribution in [2.45, 2.75) is 58.9 Å². The molecule has 0 unspecified atom stereocenters. The van der Waals surface area contributed by atoms with Crippen molar-refractivity contribution in [2.24, 2.45) is 17.1 Å². The van der Waals surface area contributed by atoms with Gasteiger partial charge in [-0.2, -0.15) is 0 Å². The van der Waals surface area contributed by atoms with E-state index < -0.39 is 5.54 Å². The Kier molecular flexibility index (Phi) is 4.00. The summed E-state index contributed by atoms with van der Waals surface area (Å²) in [6.07, 6.45) is 3.83. The first kappa shape index (κ1) is 13.5. The molecule has 16 heavy (non-hydrogen) atoms. The van der Waals surface area contributed by atoms with Gasteiger partial charge in [-0.15, -0.1) is 0 Å². The Labute approximate surface area is 99.2 Å². The summed E-state index contributed by atoms with van der Waals surface area (Å²) in [6, 6.07) is 0. The van der Waals surface area contributed by atoms with Crippen LogP contribution in [0.25, 0.3) is 0 Å². The van der Waals surface area contributed by atoms with E-state index in [2.05, 4.69) is 33.0 Å². The van der Waals surface area contributed by atoms with Crippen molar-refractivity contribution in [3.63, 3.8) is 0 Å². The van der Waals surface area contributed by atoms with Gasteiger partial charge in [0.15, 0.2) is 0 Å². The molecule has 0 radical (unpaired) electrons. The highest BCUT2D eigenvalue weighted by Gasteiger charge is 2.37. The van der Waals surface area contributed by atoms with Crippen LogP contribution in [0.2, 0.25) is 0 Å². The molecule has 1 fully saturated rings. The Hall–Kier alpha value is -0.570. The number of hydrogen-bond acceptors (Lipinski definition) is 2. The zero-order chi connectivity index (χ0) is 12.4. The summed E-state index contributed by atoms with van der Waals surface area (Å²) in [5, 5.41) is 3.02. The van der Waals surface area contributed by atoms with Gasteiger partial charge in [-0.3, -0.25) is 4.79 Å². The maximum absolute atomic E-state index is 12.0. The second-order valence-corrected chi connectivity index (χ2v) is 6.19. The van der Waals surface area contributed by atoms with Gasteiger partial charge in [0.05, 0.1) is 5.54 Å². The molecule has 0 aromatic carbocycles. The molecule has 0 saturated heterocycles. The van der Waals surface area contributed by atoms with Gasteiger partial charge in [0.1, 0.15) is 0 Å². The summed E-state index contributed by atoms with van der Waals surface area (Å²) in [5.41, 5.74) is 5.64. The maximum atomic E-state index is 12.0. The molecule has 0 bridgehead atoms. The van der Waals surface area contributed by atoms with Crippen LogP contribution in [0.1, 0.15) is 53.4 Å². The molecule has 1 aliphatic rings. The van der Waals surface area contributed by atoms with Crippen LogP contribution in [0.15, 0.2) is 0 Å². The second-order valence-electron chi connectivity index (χ2n) is 6.19. The minimum absolute atomic E-state index is 0.0405. The quantitative estimate of drug-likeness (QED) is 0.771. The Morgan fingerprint density at radius 3 is 2.31 bits per heavy atom. The topological polar surface area (TPSA) is 55.1 Å². The van der Waals surface area contributed by atoms with Gasteiger partial charge < -0.3 is 11.1 Å². The van der Waals surface area contributed by atoms with E-state index in [1.165, 1.54) is 0 Å². The normalized spacial score (nSPS) is 20.1. The van der Waals surface area contributed by atoms with E-state index in [0.29, 0.717) is 12.5 Å². The number of carbonyl (C=O) groups excluding carboxylic acids is 1. The summed E-state index contributed by atoms with van der Waals surface area (Å²) in [4.78, 5) is 12.0. The molecule has 1 amide bonds. The standard InChI is InChI=1S/C13H26N2O/c1-10(2)12(3,4)9-15-11(16)13(14)7-5-6-8-13/h10H,5-9,14H2,1-4H3,(H,15,16). The average molecular weight is 226 g/mol. The number of rotatable bonds is 4. The lowest BCUT2D eigenvalue weighted by atomic mass is 9.81. The Bertz CT molecular complexity index is 253. The first-order valence-electron chi connectivity index (χ1n) is 6.35. The summed E-state index contributed by atoms with van der Waals surface area (Å²) in [7, 11) is 0. The average Bonchev–Trinajstić information content (AvgIpc) is 2.62. The molecule has 1 saturated carbocycles. The number of nitrogens with two attached hydrogens (primary N) is 1. The molecule has 0 aliphatic heterocycles. The fourth-order valence-electron chi connectivity index (χ4n) is 1.92. The number of nitrogens with one attached hydrogen (secondary N) is 1. The van der Waals surface area contributed by atoms with Crippen LogP contribution in [0.4, 0.5) is 0 Å². The highest BCUT2D eigenvalue weighted by Crippen LogP contribution is 2.28. The fraction of sp³-hybridized carbons (Fsp3) is 0.923. The molecule has 1 rings (SSSR count). The van der Waals surface area contributed by atoms with E-state index in [1.54, 1.807) is 0 Å². The van der Waals surface area contributed by atoms with Crippen LogP contribution in [-0.2, 0) is 4.79 Å². The minimum atomic E-state index is -0.590. The van der Waals surface area contributed by atoms with Gasteiger partial charge in [0.2, 0.25) is 5.91 Å². The summed E-state index contributed by atoms with van der Waals surface area (Å²) >= 11 is 0. The van der Waals surface area contributed by atoms with Crippen LogP contribution >= 0.6 is 0 Å². The predicted octanol–water partition coefficient (Wildman–Crippen LogP) is 2.06. The fourth-order valence-corrected chi connectivity index (χ4v) is 1.92. The van der Waals surface area contributed by atoms with E-state index in [-0.39, 0.29) is 11.3 Å². The third-order valence-corrected chi connectivity index (χ3v) is 4.22. The van der Waals surface area contributed by atoms with E-state index in [1.807, 2.05) is 0 Å². The largest absolute Gasteiger partial charge is 0.354 e. The Morgan fingerprint density at radius 1 is 1.38 bits per heavy atom. The lowest BCUT2D eigenvalue weighted by Gasteiger charge is -2.31. The van der Waals surface area contributed by atoms with Gasteiger partial charge >= 0.3 is 0 Å². The first-order chi connectivity index (χ1) is 7.28. The molecular weight excluding hydrogens is 200 g/mol. The molecule has 3 N–H and O–H groups in total. The molecule has 0 heterocycles. The lowest BCUT2D eigenvalue weighted by Crippen LogP contribution is -2.53. The summed E-state index contributed by atoms with van der Waals surface area (Å²) in [5.74, 6) is 0.587. The number of hydrogen-bond donors (Lipinski definition) is 2. The van der Waals surface area contributed by atoms with Gasteiger partial charge in [0, 0.05) is 6.54 Å². The molecule has 0 atom stereocenters. The van der Waals surface area contributed by atoms with Gasteiger partial charge in [-0.05, 0) is 24.2 Å². The highest BCUT2D eigenvalue weighted by atomic mass is 16.2. The monoisotopic (exact) mass is 226 g/mol. The third-order valence-electron chi connectivity index (χ3n) is 4.22. The molecule has 1 aliphatic carbocycles. The molecule has 0 aromatic heterocycles. The van der Waals surface area contributed by atoms with Crippen molar-refractivity contribution in [1.82, 2.24) is 5.32 Å². The van der Waals surface area contributed by atoms with Crippen molar-refractivity contribution in [1.29, 1.82) is 0 Å². The Morgan fingerprint density at radius 2 is 1.88 bits per heavy atom. The molecule has 0 spiro atoms. The summed E-state index contributed by atoms with van der Waals surface area (Å²) < 4.78 is 0. The van der Waals surface area contributed by atoms with Crippen LogP contribution in [0.5, 0.6) is 0 Å². The number of amides is 1. The zero-order valence-corrected chi connectivity index (χ0v) is 11.1. The van der Waals surface area contributed by atoms with Crippen molar-refractivity contribution in [3.05, 3.63) is 0 Å².